The highest BCUT2D eigenvalue weighted by Gasteiger charge is 2.17. The molecule has 0 aliphatic heterocycles. The molecule has 0 heterocycles. The van der Waals surface area contributed by atoms with Crippen LogP contribution in [-0.4, -0.2) is 5.78 Å². The Hall–Kier alpha value is -1.62. The molecule has 0 amide bonds. The van der Waals surface area contributed by atoms with Crippen LogP contribution in [0, 0.1) is 17.2 Å². The Labute approximate surface area is 96.9 Å². The van der Waals surface area contributed by atoms with E-state index in [1.54, 1.807) is 19.1 Å². The molecule has 84 valence electrons. The van der Waals surface area contributed by atoms with Gasteiger partial charge in [0.15, 0.2) is 5.78 Å². The summed E-state index contributed by atoms with van der Waals surface area (Å²) in [6.07, 6.45) is 0. The van der Waals surface area contributed by atoms with Gasteiger partial charge in [-0.25, -0.2) is 0 Å². The second kappa shape index (κ2) is 4.49. The fourth-order valence-electron chi connectivity index (χ4n) is 1.44. The Morgan fingerprint density at radius 1 is 1.25 bits per heavy atom. The normalized spacial score (nSPS) is 12.9. The minimum absolute atomic E-state index is 0.0857. The van der Waals surface area contributed by atoms with Gasteiger partial charge in [-0.3, -0.25) is 4.79 Å². The predicted molar refractivity (Wildman–Crippen MR) is 64.2 cm³/mol. The molecule has 0 saturated carbocycles. The highest BCUT2D eigenvalue weighted by atomic mass is 16.1. The van der Waals surface area contributed by atoms with E-state index in [0.29, 0.717) is 5.56 Å². The standard InChI is InChI=1S/C14H17NO/c1-10(9-15)13(16)11-5-7-12(8-6-11)14(2,3)4/h5-8,10H,1-4H3/t10-/m1/s1. The summed E-state index contributed by atoms with van der Waals surface area (Å²) < 4.78 is 0. The van der Waals surface area contributed by atoms with Crippen molar-refractivity contribution in [2.24, 2.45) is 5.92 Å². The summed E-state index contributed by atoms with van der Waals surface area (Å²) in [6, 6.07) is 9.47. The molecule has 0 bridgehead atoms. The van der Waals surface area contributed by atoms with Gasteiger partial charge < -0.3 is 0 Å². The van der Waals surface area contributed by atoms with Crippen molar-refractivity contribution in [1.29, 1.82) is 5.26 Å². The van der Waals surface area contributed by atoms with Gasteiger partial charge in [0.2, 0.25) is 0 Å². The maximum atomic E-state index is 11.7. The van der Waals surface area contributed by atoms with Crippen LogP contribution in [0.15, 0.2) is 24.3 Å². The fourth-order valence-corrected chi connectivity index (χ4v) is 1.44. The smallest absolute Gasteiger partial charge is 0.179 e. The van der Waals surface area contributed by atoms with Crippen LogP contribution in [0.2, 0.25) is 0 Å². The summed E-state index contributed by atoms with van der Waals surface area (Å²) in [5, 5.41) is 8.68. The first kappa shape index (κ1) is 12.4. The first-order valence-electron chi connectivity index (χ1n) is 5.40. The fraction of sp³-hybridized carbons (Fsp3) is 0.429. The van der Waals surface area contributed by atoms with Gasteiger partial charge in [0, 0.05) is 5.56 Å². The number of hydrogen-bond donors (Lipinski definition) is 0. The molecule has 0 aromatic heterocycles. The monoisotopic (exact) mass is 215 g/mol. The van der Waals surface area contributed by atoms with Crippen molar-refractivity contribution >= 4 is 5.78 Å². The number of benzene rings is 1. The van der Waals surface area contributed by atoms with Crippen LogP contribution in [0.5, 0.6) is 0 Å². The summed E-state index contributed by atoms with van der Waals surface area (Å²) in [5.74, 6) is -0.677. The van der Waals surface area contributed by atoms with E-state index in [2.05, 4.69) is 20.8 Å². The van der Waals surface area contributed by atoms with Gasteiger partial charge in [0.05, 0.1) is 6.07 Å². The van der Waals surface area contributed by atoms with Crippen LogP contribution in [0.3, 0.4) is 0 Å². The van der Waals surface area contributed by atoms with Gasteiger partial charge in [-0.2, -0.15) is 5.26 Å². The van der Waals surface area contributed by atoms with Gasteiger partial charge in [0.25, 0.3) is 0 Å². The molecule has 0 aliphatic carbocycles. The van der Waals surface area contributed by atoms with Crippen LogP contribution < -0.4 is 0 Å². The Balaban J connectivity index is 2.97. The molecule has 1 atom stereocenters. The average molecular weight is 215 g/mol. The van der Waals surface area contributed by atoms with Crippen LogP contribution in [0.1, 0.15) is 43.6 Å². The average Bonchev–Trinajstić information content (AvgIpc) is 2.26. The molecule has 0 unspecified atom stereocenters. The number of nitrogens with zero attached hydrogens (tertiary/aromatic N) is 1. The lowest BCUT2D eigenvalue weighted by molar-refractivity contribution is 0.0956. The van der Waals surface area contributed by atoms with E-state index in [-0.39, 0.29) is 11.2 Å². The van der Waals surface area contributed by atoms with Crippen LogP contribution >= 0.6 is 0 Å². The molecule has 0 N–H and O–H groups in total. The highest BCUT2D eigenvalue weighted by molar-refractivity contribution is 5.99. The minimum Gasteiger partial charge on any atom is -0.293 e. The summed E-state index contributed by atoms with van der Waals surface area (Å²) >= 11 is 0. The second-order valence-corrected chi connectivity index (χ2v) is 5.04. The third-order valence-electron chi connectivity index (χ3n) is 2.62. The molecule has 2 heteroatoms. The van der Waals surface area contributed by atoms with E-state index in [4.69, 9.17) is 5.26 Å². The van der Waals surface area contributed by atoms with E-state index in [1.165, 1.54) is 5.56 Å². The molecular weight excluding hydrogens is 198 g/mol. The Kier molecular flexibility index (Phi) is 3.49. The topological polar surface area (TPSA) is 40.9 Å². The lowest BCUT2D eigenvalue weighted by Gasteiger charge is -2.19. The first-order valence-corrected chi connectivity index (χ1v) is 5.40. The Bertz CT molecular complexity index is 418. The maximum absolute atomic E-state index is 11.7. The van der Waals surface area contributed by atoms with Gasteiger partial charge in [-0.05, 0) is 17.9 Å². The number of carbonyl (C=O) groups excluding carboxylic acids is 1. The molecule has 1 aromatic rings. The zero-order valence-electron chi connectivity index (χ0n) is 10.2. The number of ketones is 1. The molecular formula is C14H17NO. The van der Waals surface area contributed by atoms with Crippen molar-refractivity contribution in [3.63, 3.8) is 0 Å². The zero-order chi connectivity index (χ0) is 12.3. The number of Topliss-reactive ketones (excluding diaryl/α,β-unsaturated/α-hetero) is 1. The van der Waals surface area contributed by atoms with Crippen LogP contribution in [0.4, 0.5) is 0 Å². The minimum atomic E-state index is -0.569. The number of rotatable bonds is 2. The van der Waals surface area contributed by atoms with Crippen molar-refractivity contribution < 1.29 is 4.79 Å². The van der Waals surface area contributed by atoms with E-state index in [1.807, 2.05) is 18.2 Å². The molecule has 0 saturated heterocycles. The van der Waals surface area contributed by atoms with Gasteiger partial charge >= 0.3 is 0 Å². The van der Waals surface area contributed by atoms with Crippen LogP contribution in [-0.2, 0) is 5.41 Å². The van der Waals surface area contributed by atoms with E-state index < -0.39 is 5.92 Å². The molecule has 1 rings (SSSR count). The third kappa shape index (κ3) is 2.70. The SMILES string of the molecule is C[C@H](C#N)C(=O)c1ccc(C(C)(C)C)cc1. The molecule has 0 spiro atoms. The third-order valence-corrected chi connectivity index (χ3v) is 2.62. The summed E-state index contributed by atoms with van der Waals surface area (Å²) in [5.41, 5.74) is 1.89. The second-order valence-electron chi connectivity index (χ2n) is 5.04. The number of carbonyl (C=O) groups is 1. The number of hydrogen-bond acceptors (Lipinski definition) is 2. The first-order chi connectivity index (χ1) is 7.36. The summed E-state index contributed by atoms with van der Waals surface area (Å²) in [7, 11) is 0. The van der Waals surface area contributed by atoms with Crippen molar-refractivity contribution in [2.75, 3.05) is 0 Å². The quantitative estimate of drug-likeness (QED) is 0.710. The van der Waals surface area contributed by atoms with Gasteiger partial charge in [-0.15, -0.1) is 0 Å². The molecule has 0 aliphatic rings. The van der Waals surface area contributed by atoms with Gasteiger partial charge in [-0.1, -0.05) is 45.0 Å². The van der Waals surface area contributed by atoms with E-state index in [9.17, 15) is 4.79 Å². The highest BCUT2D eigenvalue weighted by Crippen LogP contribution is 2.22. The Morgan fingerprint density at radius 3 is 2.12 bits per heavy atom. The zero-order valence-corrected chi connectivity index (χ0v) is 10.2. The Morgan fingerprint density at radius 2 is 1.75 bits per heavy atom. The number of nitriles is 1. The van der Waals surface area contributed by atoms with Gasteiger partial charge in [0.1, 0.15) is 5.92 Å². The van der Waals surface area contributed by atoms with E-state index in [0.717, 1.165) is 0 Å². The molecule has 0 fully saturated rings. The summed E-state index contributed by atoms with van der Waals surface area (Å²) in [4.78, 5) is 11.7. The lowest BCUT2D eigenvalue weighted by Crippen LogP contribution is -2.13. The molecule has 2 nitrogen and oxygen atoms in total. The molecule has 1 aromatic carbocycles. The van der Waals surface area contributed by atoms with Crippen LogP contribution in [0.25, 0.3) is 0 Å². The predicted octanol–water partition coefficient (Wildman–Crippen LogP) is 3.33. The maximum Gasteiger partial charge on any atom is 0.179 e. The largest absolute Gasteiger partial charge is 0.293 e. The van der Waals surface area contributed by atoms with E-state index >= 15 is 0 Å². The van der Waals surface area contributed by atoms with Crippen molar-refractivity contribution in [2.45, 2.75) is 33.1 Å². The lowest BCUT2D eigenvalue weighted by atomic mass is 9.86. The molecule has 16 heavy (non-hydrogen) atoms. The summed E-state index contributed by atoms with van der Waals surface area (Å²) in [6.45, 7) is 8.01. The van der Waals surface area contributed by atoms with Crippen molar-refractivity contribution in [1.82, 2.24) is 0 Å². The van der Waals surface area contributed by atoms with Crippen molar-refractivity contribution in [3.8, 4) is 6.07 Å². The van der Waals surface area contributed by atoms with Crippen molar-refractivity contribution in [3.05, 3.63) is 35.4 Å². The molecule has 0 radical (unpaired) electrons.